The lowest BCUT2D eigenvalue weighted by atomic mass is 10.0. The lowest BCUT2D eigenvalue weighted by Crippen LogP contribution is -2.13. The molecule has 2 aromatic carbocycles. The molecule has 0 bridgehead atoms. The van der Waals surface area contributed by atoms with Crippen LogP contribution in [0.25, 0.3) is 16.9 Å². The summed E-state index contributed by atoms with van der Waals surface area (Å²) in [5.41, 5.74) is 8.01. The molecule has 34 heavy (non-hydrogen) atoms. The minimum absolute atomic E-state index is 0.0574. The fraction of sp³-hybridized carbons (Fsp3) is 0.174. The van der Waals surface area contributed by atoms with E-state index in [2.05, 4.69) is 15.4 Å². The Balaban J connectivity index is 1.81. The predicted octanol–water partition coefficient (Wildman–Crippen LogP) is 4.42. The minimum atomic E-state index is -2.62. The molecule has 0 aliphatic rings. The number of nitrogens with zero attached hydrogens (tertiary/aromatic N) is 3. The third-order valence-corrected chi connectivity index (χ3v) is 5.03. The van der Waals surface area contributed by atoms with Crippen LogP contribution >= 0.6 is 0 Å². The first-order valence-corrected chi connectivity index (χ1v) is 10.1. The number of ether oxygens (including phenoxy) is 2. The molecule has 4 rings (SSSR count). The number of imidazole rings is 1. The van der Waals surface area contributed by atoms with Crippen molar-refractivity contribution >= 4 is 17.2 Å². The second-order valence-corrected chi connectivity index (χ2v) is 7.34. The highest BCUT2D eigenvalue weighted by molar-refractivity contribution is 5.94. The summed E-state index contributed by atoms with van der Waals surface area (Å²) in [5, 5.41) is 7.00. The van der Waals surface area contributed by atoms with E-state index in [0.29, 0.717) is 28.1 Å². The van der Waals surface area contributed by atoms with Crippen molar-refractivity contribution in [1.29, 1.82) is 0 Å². The third-order valence-electron chi connectivity index (χ3n) is 5.03. The minimum Gasteiger partial charge on any atom is -0.497 e. The quantitative estimate of drug-likeness (QED) is 0.394. The predicted molar refractivity (Wildman–Crippen MR) is 119 cm³/mol. The Kier molecular flexibility index (Phi) is 6.26. The van der Waals surface area contributed by atoms with Crippen molar-refractivity contribution in [3.8, 4) is 28.6 Å². The monoisotopic (exact) mass is 471 g/mol. The van der Waals surface area contributed by atoms with Gasteiger partial charge in [-0.25, -0.2) is 22.7 Å². The molecule has 176 valence electrons. The molecule has 1 amide bonds. The van der Waals surface area contributed by atoms with Crippen LogP contribution in [0.1, 0.15) is 15.9 Å². The van der Waals surface area contributed by atoms with E-state index in [1.165, 1.54) is 36.0 Å². The van der Waals surface area contributed by atoms with Gasteiger partial charge in [0.2, 0.25) is 11.8 Å². The summed E-state index contributed by atoms with van der Waals surface area (Å²) in [5.74, 6) is -1.13. The van der Waals surface area contributed by atoms with Gasteiger partial charge in [0.1, 0.15) is 5.75 Å². The van der Waals surface area contributed by atoms with Crippen molar-refractivity contribution in [1.82, 2.24) is 14.6 Å². The normalized spacial score (nSPS) is 11.1. The highest BCUT2D eigenvalue weighted by Crippen LogP contribution is 2.31. The van der Waals surface area contributed by atoms with Crippen molar-refractivity contribution < 1.29 is 27.4 Å². The van der Waals surface area contributed by atoms with E-state index >= 15 is 0 Å². The molecule has 0 saturated heterocycles. The van der Waals surface area contributed by atoms with E-state index in [9.17, 15) is 18.0 Å². The molecule has 0 saturated carbocycles. The maximum Gasteiger partial charge on any atom is 0.255 e. The number of nitrogens with two attached hydrogens (primary N) is 1. The highest BCUT2D eigenvalue weighted by Gasteiger charge is 2.17. The fourth-order valence-electron chi connectivity index (χ4n) is 3.41. The summed E-state index contributed by atoms with van der Waals surface area (Å²) in [6.45, 7) is 1.10. The van der Waals surface area contributed by atoms with Gasteiger partial charge >= 0.3 is 0 Å². The van der Waals surface area contributed by atoms with Crippen LogP contribution in [0.4, 0.5) is 18.9 Å². The Bertz CT molecular complexity index is 1370. The molecule has 0 fully saturated rings. The molecule has 8 nitrogen and oxygen atoms in total. The second-order valence-electron chi connectivity index (χ2n) is 7.34. The Morgan fingerprint density at radius 3 is 2.65 bits per heavy atom. The molecule has 0 aliphatic heterocycles. The number of rotatable bonds is 8. The molecule has 3 N–H and O–H groups in total. The number of alkyl halides is 2. The fourth-order valence-corrected chi connectivity index (χ4v) is 3.41. The number of carbonyl (C=O) groups excluding carboxylic acids is 1. The average Bonchev–Trinajstić information content (AvgIpc) is 3.22. The van der Waals surface area contributed by atoms with E-state index in [-0.39, 0.29) is 23.0 Å². The van der Waals surface area contributed by atoms with Crippen LogP contribution in [0.15, 0.2) is 48.7 Å². The number of hydrogen-bond acceptors (Lipinski definition) is 6. The first-order chi connectivity index (χ1) is 16.3. The zero-order valence-corrected chi connectivity index (χ0v) is 18.2. The Morgan fingerprint density at radius 1 is 1.21 bits per heavy atom. The van der Waals surface area contributed by atoms with Crippen LogP contribution in [0.3, 0.4) is 0 Å². The molecule has 2 heterocycles. The number of aromatic nitrogens is 3. The maximum atomic E-state index is 14.4. The third kappa shape index (κ3) is 4.58. The molecule has 4 aromatic rings. The topological polar surface area (TPSA) is 104 Å². The number of methoxy groups -OCH3 is 1. The molecular formula is C23H20F3N5O3. The summed E-state index contributed by atoms with van der Waals surface area (Å²) in [4.78, 5) is 15.9. The van der Waals surface area contributed by atoms with Gasteiger partial charge in [0.25, 0.3) is 6.43 Å². The molecular weight excluding hydrogens is 451 g/mol. The van der Waals surface area contributed by atoms with Crippen LogP contribution in [-0.4, -0.2) is 40.6 Å². The molecule has 2 aromatic heterocycles. The van der Waals surface area contributed by atoms with Crippen LogP contribution in [0, 0.1) is 12.7 Å². The maximum absolute atomic E-state index is 14.4. The zero-order chi connectivity index (χ0) is 24.4. The van der Waals surface area contributed by atoms with E-state index in [1.54, 1.807) is 25.1 Å². The standard InChI is InChI=1S/C23H20F3N5O3/c1-12-7-13(3-5-15(12)22(27)32)18-10-29-23-17(28-11-20(25)26)9-21(30-31(18)23)34-19-6-4-14(33-2)8-16(19)24/h3-10,20,28H,11H2,1-2H3,(H2,27,32). The number of fused-ring (bicyclic) bond motifs is 1. The summed E-state index contributed by atoms with van der Waals surface area (Å²) in [6, 6.07) is 10.4. The number of anilines is 1. The highest BCUT2D eigenvalue weighted by atomic mass is 19.3. The smallest absolute Gasteiger partial charge is 0.255 e. The van der Waals surface area contributed by atoms with E-state index in [4.69, 9.17) is 15.2 Å². The molecule has 0 atom stereocenters. The molecule has 0 aliphatic carbocycles. The van der Waals surface area contributed by atoms with E-state index in [1.807, 2.05) is 0 Å². The van der Waals surface area contributed by atoms with Gasteiger partial charge in [-0.3, -0.25) is 4.79 Å². The number of halogens is 3. The number of primary amides is 1. The van der Waals surface area contributed by atoms with Gasteiger partial charge in [0, 0.05) is 23.3 Å². The van der Waals surface area contributed by atoms with E-state index in [0.717, 1.165) is 6.07 Å². The number of hydrogen-bond donors (Lipinski definition) is 2. The van der Waals surface area contributed by atoms with Crippen molar-refractivity contribution in [2.45, 2.75) is 13.3 Å². The number of aryl methyl sites for hydroxylation is 1. The Hall–Kier alpha value is -4.28. The molecule has 0 radical (unpaired) electrons. The van der Waals surface area contributed by atoms with Gasteiger partial charge in [-0.05, 0) is 36.8 Å². The van der Waals surface area contributed by atoms with Gasteiger partial charge in [-0.15, -0.1) is 5.10 Å². The van der Waals surface area contributed by atoms with Gasteiger partial charge < -0.3 is 20.5 Å². The van der Waals surface area contributed by atoms with Gasteiger partial charge in [-0.2, -0.15) is 0 Å². The summed E-state index contributed by atoms with van der Waals surface area (Å²) in [6.07, 6.45) is -1.11. The number of benzene rings is 2. The van der Waals surface area contributed by atoms with Crippen LogP contribution < -0.4 is 20.5 Å². The Morgan fingerprint density at radius 2 is 2.00 bits per heavy atom. The second kappa shape index (κ2) is 9.30. The van der Waals surface area contributed by atoms with Crippen LogP contribution in [0.2, 0.25) is 0 Å². The lowest BCUT2D eigenvalue weighted by Gasteiger charge is -2.12. The largest absolute Gasteiger partial charge is 0.497 e. The van der Waals surface area contributed by atoms with Gasteiger partial charge in [0.05, 0.1) is 31.2 Å². The van der Waals surface area contributed by atoms with Crippen molar-refractivity contribution in [2.75, 3.05) is 19.0 Å². The van der Waals surface area contributed by atoms with Gasteiger partial charge in [-0.1, -0.05) is 6.07 Å². The molecule has 0 unspecified atom stereocenters. The molecule has 0 spiro atoms. The number of amides is 1. The Labute approximate surface area is 192 Å². The van der Waals surface area contributed by atoms with E-state index < -0.39 is 24.7 Å². The first-order valence-electron chi connectivity index (χ1n) is 10.1. The zero-order valence-electron chi connectivity index (χ0n) is 18.2. The lowest BCUT2D eigenvalue weighted by molar-refractivity contribution is 0.0999. The SMILES string of the molecule is COc1ccc(Oc2cc(NCC(F)F)c3ncc(-c4ccc(C(N)=O)c(C)c4)n3n2)c(F)c1. The number of nitrogens with one attached hydrogen (secondary N) is 1. The van der Waals surface area contributed by atoms with Crippen molar-refractivity contribution in [2.24, 2.45) is 5.73 Å². The van der Waals surface area contributed by atoms with Crippen molar-refractivity contribution in [3.05, 3.63) is 65.6 Å². The summed E-state index contributed by atoms with van der Waals surface area (Å²) in [7, 11) is 1.41. The first kappa shape index (κ1) is 22.9. The molecule has 11 heteroatoms. The average molecular weight is 471 g/mol. The van der Waals surface area contributed by atoms with Crippen molar-refractivity contribution in [3.63, 3.8) is 0 Å². The van der Waals surface area contributed by atoms with Crippen LogP contribution in [-0.2, 0) is 0 Å². The van der Waals surface area contributed by atoms with Gasteiger partial charge in [0.15, 0.2) is 17.2 Å². The number of carbonyl (C=O) groups is 1. The van der Waals surface area contributed by atoms with Crippen LogP contribution in [0.5, 0.6) is 17.4 Å². The summed E-state index contributed by atoms with van der Waals surface area (Å²) < 4.78 is 52.2. The summed E-state index contributed by atoms with van der Waals surface area (Å²) >= 11 is 0.